The number of rotatable bonds is 3. The molecule has 1 amide bonds. The summed E-state index contributed by atoms with van der Waals surface area (Å²) in [5, 5.41) is 9.82. The predicted molar refractivity (Wildman–Crippen MR) is 73.7 cm³/mol. The van der Waals surface area contributed by atoms with E-state index in [-0.39, 0.29) is 17.3 Å². The first kappa shape index (κ1) is 13.3. The molecule has 2 aromatic rings. The highest BCUT2D eigenvalue weighted by atomic mass is 79.9. The molecular formula is C12H11BrN4O2. The lowest BCUT2D eigenvalue weighted by Gasteiger charge is -2.09. The number of halogens is 1. The minimum Gasteiger partial charge on any atom is -0.506 e. The van der Waals surface area contributed by atoms with Crippen LogP contribution in [-0.2, 0) is 0 Å². The van der Waals surface area contributed by atoms with Gasteiger partial charge in [-0.2, -0.15) is 0 Å². The van der Waals surface area contributed by atoms with E-state index in [0.717, 1.165) is 5.56 Å². The quantitative estimate of drug-likeness (QED) is 0.752. The first-order valence-corrected chi connectivity index (χ1v) is 6.19. The van der Waals surface area contributed by atoms with Gasteiger partial charge in [0, 0.05) is 12.4 Å². The zero-order valence-corrected chi connectivity index (χ0v) is 11.6. The van der Waals surface area contributed by atoms with Crippen molar-refractivity contribution in [2.24, 2.45) is 0 Å². The Bertz CT molecular complexity index is 604. The molecule has 0 radical (unpaired) electrons. The molecule has 19 heavy (non-hydrogen) atoms. The van der Waals surface area contributed by atoms with Gasteiger partial charge in [0.05, 0.1) is 10.0 Å². The maximum absolute atomic E-state index is 11.9. The van der Waals surface area contributed by atoms with Crippen LogP contribution in [0.5, 0.6) is 5.75 Å². The van der Waals surface area contributed by atoms with E-state index in [1.54, 1.807) is 30.6 Å². The van der Waals surface area contributed by atoms with E-state index in [2.05, 4.69) is 36.7 Å². The lowest BCUT2D eigenvalue weighted by Crippen LogP contribution is -2.30. The number of aromatic hydroxyl groups is 1. The molecule has 0 saturated heterocycles. The molecular weight excluding hydrogens is 312 g/mol. The number of aryl methyl sites for hydroxylation is 1. The van der Waals surface area contributed by atoms with E-state index in [0.29, 0.717) is 4.47 Å². The third-order valence-corrected chi connectivity index (χ3v) is 2.91. The van der Waals surface area contributed by atoms with Crippen LogP contribution < -0.4 is 10.9 Å². The van der Waals surface area contributed by atoms with Crippen LogP contribution in [0.25, 0.3) is 0 Å². The summed E-state index contributed by atoms with van der Waals surface area (Å²) in [6.07, 6.45) is 3.09. The second-order valence-electron chi connectivity index (χ2n) is 3.79. The number of phenols is 1. The highest BCUT2D eigenvalue weighted by Crippen LogP contribution is 2.29. The summed E-state index contributed by atoms with van der Waals surface area (Å²) in [5.41, 5.74) is 5.99. The van der Waals surface area contributed by atoms with Crippen LogP contribution in [0, 0.1) is 6.92 Å². The Balaban J connectivity index is 2.13. The standard InChI is InChI=1S/C12H11BrN4O2/c1-7-5-8(10(18)9(13)6-7)11(19)16-17-12-14-3-2-4-15-12/h2-6,18H,1H3,(H,16,19)(H,14,15,17). The summed E-state index contributed by atoms with van der Waals surface area (Å²) in [6, 6.07) is 4.97. The number of nitrogens with zero attached hydrogens (tertiary/aromatic N) is 2. The van der Waals surface area contributed by atoms with E-state index < -0.39 is 5.91 Å². The van der Waals surface area contributed by atoms with Crippen LogP contribution in [0.2, 0.25) is 0 Å². The van der Waals surface area contributed by atoms with Gasteiger partial charge in [-0.25, -0.2) is 9.97 Å². The van der Waals surface area contributed by atoms with Gasteiger partial charge in [-0.3, -0.25) is 15.6 Å². The fourth-order valence-electron chi connectivity index (χ4n) is 1.45. The largest absolute Gasteiger partial charge is 0.506 e. The van der Waals surface area contributed by atoms with Crippen molar-refractivity contribution < 1.29 is 9.90 Å². The molecule has 0 fully saturated rings. The molecule has 0 aliphatic carbocycles. The van der Waals surface area contributed by atoms with Crippen LogP contribution in [0.15, 0.2) is 35.1 Å². The second kappa shape index (κ2) is 5.66. The molecule has 1 heterocycles. The predicted octanol–water partition coefficient (Wildman–Crippen LogP) is 2.01. The van der Waals surface area contributed by atoms with Crippen LogP contribution in [-0.4, -0.2) is 21.0 Å². The number of aromatic nitrogens is 2. The molecule has 2 rings (SSSR count). The van der Waals surface area contributed by atoms with Gasteiger partial charge in [-0.05, 0) is 46.6 Å². The van der Waals surface area contributed by atoms with Crippen molar-refractivity contribution in [3.8, 4) is 5.75 Å². The molecule has 0 atom stereocenters. The summed E-state index contributed by atoms with van der Waals surface area (Å²) in [7, 11) is 0. The molecule has 0 spiro atoms. The van der Waals surface area contributed by atoms with E-state index >= 15 is 0 Å². The van der Waals surface area contributed by atoms with Crippen LogP contribution in [0.1, 0.15) is 15.9 Å². The molecule has 0 saturated carbocycles. The summed E-state index contributed by atoms with van der Waals surface area (Å²) in [6.45, 7) is 1.83. The summed E-state index contributed by atoms with van der Waals surface area (Å²) in [5.74, 6) is -0.324. The zero-order valence-electron chi connectivity index (χ0n) is 10.0. The summed E-state index contributed by atoms with van der Waals surface area (Å²) < 4.78 is 0.466. The number of nitrogens with one attached hydrogen (secondary N) is 2. The van der Waals surface area contributed by atoms with Gasteiger partial charge in [-0.15, -0.1) is 0 Å². The number of carbonyl (C=O) groups is 1. The molecule has 0 bridgehead atoms. The van der Waals surface area contributed by atoms with Gasteiger partial charge >= 0.3 is 0 Å². The van der Waals surface area contributed by atoms with E-state index in [4.69, 9.17) is 0 Å². The van der Waals surface area contributed by atoms with Gasteiger partial charge in [-0.1, -0.05) is 0 Å². The van der Waals surface area contributed by atoms with Crippen molar-refractivity contribution in [2.45, 2.75) is 6.92 Å². The number of anilines is 1. The Labute approximate surface area is 118 Å². The van der Waals surface area contributed by atoms with Crippen LogP contribution in [0.3, 0.4) is 0 Å². The average Bonchev–Trinajstić information content (AvgIpc) is 2.41. The first-order chi connectivity index (χ1) is 9.08. The van der Waals surface area contributed by atoms with Gasteiger partial charge in [0.2, 0.25) is 5.95 Å². The number of phenolic OH excluding ortho intramolecular Hbond substituents is 1. The number of hydrazine groups is 1. The Hall–Kier alpha value is -2.15. The van der Waals surface area contributed by atoms with Gasteiger partial charge in [0.1, 0.15) is 5.75 Å². The number of hydrogen-bond acceptors (Lipinski definition) is 5. The van der Waals surface area contributed by atoms with Gasteiger partial charge in [0.25, 0.3) is 5.91 Å². The van der Waals surface area contributed by atoms with Gasteiger partial charge in [0.15, 0.2) is 0 Å². The van der Waals surface area contributed by atoms with Crippen molar-refractivity contribution in [3.05, 3.63) is 46.2 Å². The second-order valence-corrected chi connectivity index (χ2v) is 4.65. The number of amides is 1. The first-order valence-electron chi connectivity index (χ1n) is 5.40. The maximum atomic E-state index is 11.9. The molecule has 6 nitrogen and oxygen atoms in total. The third-order valence-electron chi connectivity index (χ3n) is 2.31. The Morgan fingerprint density at radius 1 is 1.32 bits per heavy atom. The summed E-state index contributed by atoms with van der Waals surface area (Å²) >= 11 is 3.19. The zero-order chi connectivity index (χ0) is 13.8. The van der Waals surface area contributed by atoms with Crippen molar-refractivity contribution in [3.63, 3.8) is 0 Å². The normalized spacial score (nSPS) is 10.0. The highest BCUT2D eigenvalue weighted by Gasteiger charge is 2.14. The fourth-order valence-corrected chi connectivity index (χ4v) is 2.03. The SMILES string of the molecule is Cc1cc(Br)c(O)c(C(=O)NNc2ncccn2)c1. The van der Waals surface area contributed by atoms with Crippen molar-refractivity contribution in [1.29, 1.82) is 0 Å². The molecule has 1 aromatic carbocycles. The molecule has 0 aliphatic rings. The summed E-state index contributed by atoms with van der Waals surface area (Å²) in [4.78, 5) is 19.7. The monoisotopic (exact) mass is 322 g/mol. The van der Waals surface area contributed by atoms with E-state index in [9.17, 15) is 9.90 Å². The minimum atomic E-state index is -0.477. The Morgan fingerprint density at radius 2 is 2.00 bits per heavy atom. The minimum absolute atomic E-state index is 0.112. The lowest BCUT2D eigenvalue weighted by molar-refractivity contribution is 0.0959. The molecule has 3 N–H and O–H groups in total. The molecule has 1 aromatic heterocycles. The molecule has 0 unspecified atom stereocenters. The number of hydrogen-bond donors (Lipinski definition) is 3. The number of carbonyl (C=O) groups excluding carboxylic acids is 1. The average molecular weight is 323 g/mol. The van der Waals surface area contributed by atoms with Gasteiger partial charge < -0.3 is 5.11 Å². The van der Waals surface area contributed by atoms with E-state index in [1.165, 1.54) is 0 Å². The number of benzene rings is 1. The smallest absolute Gasteiger partial charge is 0.273 e. The molecule has 0 aliphatic heterocycles. The third kappa shape index (κ3) is 3.19. The van der Waals surface area contributed by atoms with Crippen molar-refractivity contribution >= 4 is 27.8 Å². The highest BCUT2D eigenvalue weighted by molar-refractivity contribution is 9.10. The molecule has 7 heteroatoms. The molecule has 98 valence electrons. The van der Waals surface area contributed by atoms with Crippen LogP contribution in [0.4, 0.5) is 5.95 Å². The van der Waals surface area contributed by atoms with Crippen molar-refractivity contribution in [2.75, 3.05) is 5.43 Å². The fraction of sp³-hybridized carbons (Fsp3) is 0.0833. The Kier molecular flexibility index (Phi) is 3.96. The van der Waals surface area contributed by atoms with Crippen LogP contribution >= 0.6 is 15.9 Å². The Morgan fingerprint density at radius 3 is 2.68 bits per heavy atom. The topological polar surface area (TPSA) is 87.1 Å². The van der Waals surface area contributed by atoms with E-state index in [1.807, 2.05) is 6.92 Å². The maximum Gasteiger partial charge on any atom is 0.273 e. The lowest BCUT2D eigenvalue weighted by atomic mass is 10.1. The van der Waals surface area contributed by atoms with Crippen molar-refractivity contribution in [1.82, 2.24) is 15.4 Å².